The number of benzene rings is 1. The van der Waals surface area contributed by atoms with Crippen LogP contribution in [-0.4, -0.2) is 21.5 Å². The minimum absolute atomic E-state index is 0.0884. The second-order valence-electron chi connectivity index (χ2n) is 6.57. The average Bonchev–Trinajstić information content (AvgIpc) is 3.16. The highest BCUT2D eigenvalue weighted by atomic mass is 35.5. The topological polar surface area (TPSA) is 83.7 Å². The molecule has 32 heavy (non-hydrogen) atoms. The highest BCUT2D eigenvalue weighted by molar-refractivity contribution is 7.17. The first-order chi connectivity index (χ1) is 15.3. The molecule has 0 atom stereocenters. The highest BCUT2D eigenvalue weighted by Gasteiger charge is 2.33. The molecule has 0 amide bonds. The van der Waals surface area contributed by atoms with Crippen LogP contribution in [0.15, 0.2) is 48.1 Å². The third-order valence-corrected chi connectivity index (χ3v) is 5.75. The maximum atomic E-state index is 12.9. The Kier molecular flexibility index (Phi) is 6.12. The number of nitriles is 1. The first-order valence-corrected chi connectivity index (χ1v) is 10.5. The van der Waals surface area contributed by atoms with Gasteiger partial charge in [0.1, 0.15) is 40.1 Å². The molecule has 1 aromatic carbocycles. The molecule has 0 saturated heterocycles. The molecule has 0 aliphatic carbocycles. The van der Waals surface area contributed by atoms with Gasteiger partial charge in [-0.3, -0.25) is 0 Å². The van der Waals surface area contributed by atoms with Crippen LogP contribution in [0, 0.1) is 11.3 Å². The molecule has 3 heterocycles. The Morgan fingerprint density at radius 3 is 2.62 bits per heavy atom. The predicted octanol–water partition coefficient (Wildman–Crippen LogP) is 6.08. The van der Waals surface area contributed by atoms with Gasteiger partial charge in [0.2, 0.25) is 5.88 Å². The summed E-state index contributed by atoms with van der Waals surface area (Å²) in [7, 11) is 0. The molecular formula is C21H13ClF3N5OS. The normalized spacial score (nSPS) is 11.3. The van der Waals surface area contributed by atoms with E-state index in [1.54, 1.807) is 30.3 Å². The van der Waals surface area contributed by atoms with Crippen LogP contribution in [0.5, 0.6) is 11.6 Å². The SMILES string of the molecule is N#Cc1ccc(C(F)(F)F)nc1Oc1ccc(CCNc2ncnc3scc(Cl)c23)cc1. The Morgan fingerprint density at radius 2 is 1.91 bits per heavy atom. The lowest BCUT2D eigenvalue weighted by Crippen LogP contribution is -2.09. The van der Waals surface area contributed by atoms with Gasteiger partial charge in [0.05, 0.1) is 10.4 Å². The molecule has 3 aromatic heterocycles. The molecule has 0 aliphatic rings. The summed E-state index contributed by atoms with van der Waals surface area (Å²) in [4.78, 5) is 12.7. The zero-order valence-corrected chi connectivity index (χ0v) is 17.7. The van der Waals surface area contributed by atoms with E-state index in [2.05, 4.69) is 20.3 Å². The Balaban J connectivity index is 1.42. The summed E-state index contributed by atoms with van der Waals surface area (Å²) < 4.78 is 44.2. The number of hydrogen-bond donors (Lipinski definition) is 1. The molecule has 0 unspecified atom stereocenters. The molecule has 0 aliphatic heterocycles. The average molecular weight is 476 g/mol. The van der Waals surface area contributed by atoms with E-state index >= 15 is 0 Å². The molecule has 162 valence electrons. The Morgan fingerprint density at radius 1 is 1.12 bits per heavy atom. The second kappa shape index (κ2) is 8.98. The predicted molar refractivity (Wildman–Crippen MR) is 115 cm³/mol. The van der Waals surface area contributed by atoms with Crippen molar-refractivity contribution in [2.45, 2.75) is 12.6 Å². The van der Waals surface area contributed by atoms with Gasteiger partial charge in [-0.2, -0.15) is 18.4 Å². The van der Waals surface area contributed by atoms with Crippen LogP contribution in [-0.2, 0) is 12.6 Å². The zero-order valence-electron chi connectivity index (χ0n) is 16.2. The number of hydrogen-bond acceptors (Lipinski definition) is 7. The van der Waals surface area contributed by atoms with Crippen molar-refractivity contribution in [1.82, 2.24) is 15.0 Å². The van der Waals surface area contributed by atoms with Gasteiger partial charge in [-0.1, -0.05) is 23.7 Å². The molecule has 0 fully saturated rings. The fourth-order valence-electron chi connectivity index (χ4n) is 2.90. The van der Waals surface area contributed by atoms with Gasteiger partial charge in [0.25, 0.3) is 0 Å². The van der Waals surface area contributed by atoms with Crippen molar-refractivity contribution in [3.8, 4) is 17.7 Å². The smallest absolute Gasteiger partial charge is 0.433 e. The van der Waals surface area contributed by atoms with E-state index in [-0.39, 0.29) is 11.3 Å². The van der Waals surface area contributed by atoms with E-state index in [1.807, 2.05) is 5.38 Å². The molecule has 0 saturated carbocycles. The number of pyridine rings is 1. The molecule has 0 radical (unpaired) electrons. The maximum absolute atomic E-state index is 12.9. The van der Waals surface area contributed by atoms with Crippen molar-refractivity contribution in [3.05, 3.63) is 69.9 Å². The molecule has 4 rings (SSSR count). The molecular weight excluding hydrogens is 463 g/mol. The number of rotatable bonds is 6. The number of halogens is 4. The van der Waals surface area contributed by atoms with Crippen LogP contribution in [0.25, 0.3) is 10.2 Å². The lowest BCUT2D eigenvalue weighted by molar-refractivity contribution is -0.141. The lowest BCUT2D eigenvalue weighted by atomic mass is 10.1. The molecule has 11 heteroatoms. The summed E-state index contributed by atoms with van der Waals surface area (Å²) in [6.07, 6.45) is -2.51. The molecule has 1 N–H and O–H groups in total. The Hall–Kier alpha value is -3.42. The lowest BCUT2D eigenvalue weighted by Gasteiger charge is -2.11. The van der Waals surface area contributed by atoms with E-state index in [1.165, 1.54) is 17.7 Å². The fourth-order valence-corrected chi connectivity index (χ4v) is 4.03. The van der Waals surface area contributed by atoms with Crippen LogP contribution < -0.4 is 10.1 Å². The molecule has 6 nitrogen and oxygen atoms in total. The van der Waals surface area contributed by atoms with Gasteiger partial charge >= 0.3 is 6.18 Å². The standard InChI is InChI=1S/C21H13ClF3N5OS/c22-15-10-32-20-17(15)18(28-11-29-20)27-8-7-12-1-4-14(5-2-12)31-19-13(9-26)3-6-16(30-19)21(23,24)25/h1-6,10-11H,7-8H2,(H,27,28,29). The van der Waals surface area contributed by atoms with Crippen LogP contribution in [0.4, 0.5) is 19.0 Å². The second-order valence-corrected chi connectivity index (χ2v) is 7.83. The quantitative estimate of drug-likeness (QED) is 0.364. The number of alkyl halides is 3. The summed E-state index contributed by atoms with van der Waals surface area (Å²) in [6.45, 7) is 0.576. The van der Waals surface area contributed by atoms with Crippen LogP contribution >= 0.6 is 22.9 Å². The first-order valence-electron chi connectivity index (χ1n) is 9.22. The number of aromatic nitrogens is 3. The molecule has 0 bridgehead atoms. The van der Waals surface area contributed by atoms with Crippen molar-refractivity contribution >= 4 is 39.0 Å². The van der Waals surface area contributed by atoms with Gasteiger partial charge < -0.3 is 10.1 Å². The molecule has 0 spiro atoms. The third-order valence-electron chi connectivity index (χ3n) is 4.44. The van der Waals surface area contributed by atoms with Gasteiger partial charge in [0, 0.05) is 11.9 Å². The Labute approximate surface area is 189 Å². The van der Waals surface area contributed by atoms with Crippen LogP contribution in [0.3, 0.4) is 0 Å². The number of anilines is 1. The van der Waals surface area contributed by atoms with E-state index in [9.17, 15) is 13.2 Å². The minimum atomic E-state index is -4.63. The summed E-state index contributed by atoms with van der Waals surface area (Å²) in [5, 5.41) is 15.5. The van der Waals surface area contributed by atoms with Crippen molar-refractivity contribution in [2.75, 3.05) is 11.9 Å². The zero-order chi connectivity index (χ0) is 22.7. The largest absolute Gasteiger partial charge is 0.438 e. The number of ether oxygens (including phenoxy) is 1. The van der Waals surface area contributed by atoms with E-state index < -0.39 is 17.8 Å². The number of fused-ring (bicyclic) bond motifs is 1. The summed E-state index contributed by atoms with van der Waals surface area (Å²) in [6, 6.07) is 10.3. The summed E-state index contributed by atoms with van der Waals surface area (Å²) in [5.74, 6) is 0.533. The number of nitrogens with zero attached hydrogens (tertiary/aromatic N) is 4. The van der Waals surface area contributed by atoms with Gasteiger partial charge in [-0.15, -0.1) is 11.3 Å². The van der Waals surface area contributed by atoms with Gasteiger partial charge in [-0.05, 0) is 36.2 Å². The van der Waals surface area contributed by atoms with Crippen molar-refractivity contribution in [1.29, 1.82) is 5.26 Å². The van der Waals surface area contributed by atoms with E-state index in [0.29, 0.717) is 23.8 Å². The monoisotopic (exact) mass is 475 g/mol. The first kappa shape index (κ1) is 21.8. The number of nitrogens with one attached hydrogen (secondary N) is 1. The van der Waals surface area contributed by atoms with Gasteiger partial charge in [0.15, 0.2) is 0 Å². The van der Waals surface area contributed by atoms with Crippen molar-refractivity contribution in [3.63, 3.8) is 0 Å². The van der Waals surface area contributed by atoms with E-state index in [0.717, 1.165) is 27.9 Å². The molecule has 4 aromatic rings. The fraction of sp³-hybridized carbons (Fsp3) is 0.143. The van der Waals surface area contributed by atoms with Crippen molar-refractivity contribution < 1.29 is 17.9 Å². The van der Waals surface area contributed by atoms with Gasteiger partial charge in [-0.25, -0.2) is 15.0 Å². The number of thiophene rings is 1. The van der Waals surface area contributed by atoms with Crippen LogP contribution in [0.1, 0.15) is 16.8 Å². The maximum Gasteiger partial charge on any atom is 0.433 e. The van der Waals surface area contributed by atoms with Crippen molar-refractivity contribution in [2.24, 2.45) is 0 Å². The highest BCUT2D eigenvalue weighted by Crippen LogP contribution is 2.33. The van der Waals surface area contributed by atoms with Crippen LogP contribution in [0.2, 0.25) is 5.02 Å². The minimum Gasteiger partial charge on any atom is -0.438 e. The summed E-state index contributed by atoms with van der Waals surface area (Å²) in [5.41, 5.74) is -0.252. The summed E-state index contributed by atoms with van der Waals surface area (Å²) >= 11 is 7.64. The van der Waals surface area contributed by atoms with E-state index in [4.69, 9.17) is 21.6 Å². The third kappa shape index (κ3) is 4.74. The Bertz CT molecular complexity index is 1300.